The van der Waals surface area contributed by atoms with E-state index in [1.165, 1.54) is 6.07 Å². The Hall–Kier alpha value is -1.27. The molecule has 3 N–H and O–H groups in total. The van der Waals surface area contributed by atoms with Crippen LogP contribution < -0.4 is 10.6 Å². The molecule has 0 unspecified atom stereocenters. The minimum atomic E-state index is -4.22. The lowest BCUT2D eigenvalue weighted by Crippen LogP contribution is -2.20. The van der Waals surface area contributed by atoms with Crippen LogP contribution in [-0.4, -0.2) is 26.1 Å². The number of rotatable bonds is 2. The molecule has 0 aromatic heterocycles. The van der Waals surface area contributed by atoms with Crippen molar-refractivity contribution in [2.24, 2.45) is 0 Å². The molecule has 2 rings (SSSR count). The number of hydrogen-bond acceptors (Lipinski definition) is 4. The van der Waals surface area contributed by atoms with Gasteiger partial charge in [-0.2, -0.15) is 8.42 Å². The first-order chi connectivity index (χ1) is 7.48. The van der Waals surface area contributed by atoms with Crippen LogP contribution in [0.1, 0.15) is 12.8 Å². The highest BCUT2D eigenvalue weighted by molar-refractivity contribution is 7.86. The van der Waals surface area contributed by atoms with Crippen LogP contribution in [0.3, 0.4) is 0 Å². The largest absolute Gasteiger partial charge is 0.399 e. The van der Waals surface area contributed by atoms with Gasteiger partial charge in [0.2, 0.25) is 0 Å². The van der Waals surface area contributed by atoms with E-state index in [-0.39, 0.29) is 4.90 Å². The quantitative estimate of drug-likeness (QED) is 0.599. The average Bonchev–Trinajstić information content (AvgIpc) is 2.69. The molecule has 1 aromatic rings. The zero-order valence-corrected chi connectivity index (χ0v) is 9.57. The Morgan fingerprint density at radius 1 is 1.25 bits per heavy atom. The van der Waals surface area contributed by atoms with Crippen LogP contribution in [0.4, 0.5) is 11.4 Å². The van der Waals surface area contributed by atoms with E-state index in [1.807, 2.05) is 4.90 Å². The van der Waals surface area contributed by atoms with Gasteiger partial charge in [-0.3, -0.25) is 4.55 Å². The molecule has 0 saturated carbocycles. The molecule has 0 aliphatic carbocycles. The summed E-state index contributed by atoms with van der Waals surface area (Å²) in [4.78, 5) is 1.84. The van der Waals surface area contributed by atoms with Gasteiger partial charge < -0.3 is 10.6 Å². The summed E-state index contributed by atoms with van der Waals surface area (Å²) in [7, 11) is -4.22. The third-order valence-electron chi connectivity index (χ3n) is 2.71. The SMILES string of the molecule is Nc1ccc(N2CCCC2)c(S(=O)(=O)O)c1. The third-order valence-corrected chi connectivity index (χ3v) is 3.59. The zero-order chi connectivity index (χ0) is 11.8. The van der Waals surface area contributed by atoms with Gasteiger partial charge in [0.25, 0.3) is 10.1 Å². The molecule has 1 saturated heterocycles. The molecular formula is C10H14N2O3S. The Morgan fingerprint density at radius 2 is 1.88 bits per heavy atom. The second-order valence-corrected chi connectivity index (χ2v) is 5.29. The van der Waals surface area contributed by atoms with Gasteiger partial charge in [0, 0.05) is 18.8 Å². The smallest absolute Gasteiger partial charge is 0.296 e. The van der Waals surface area contributed by atoms with Crippen LogP contribution in [0.5, 0.6) is 0 Å². The van der Waals surface area contributed by atoms with Crippen LogP contribution in [0.25, 0.3) is 0 Å². The van der Waals surface area contributed by atoms with Gasteiger partial charge in [0.05, 0.1) is 5.69 Å². The zero-order valence-electron chi connectivity index (χ0n) is 8.76. The lowest BCUT2D eigenvalue weighted by molar-refractivity contribution is 0.483. The highest BCUT2D eigenvalue weighted by atomic mass is 32.2. The van der Waals surface area contributed by atoms with Crippen LogP contribution in [-0.2, 0) is 10.1 Å². The number of nitrogens with zero attached hydrogens (tertiary/aromatic N) is 1. The molecule has 1 heterocycles. The first kappa shape index (κ1) is 11.2. The van der Waals surface area contributed by atoms with Crippen molar-refractivity contribution in [3.8, 4) is 0 Å². The highest BCUT2D eigenvalue weighted by Crippen LogP contribution is 2.29. The maximum absolute atomic E-state index is 11.2. The Balaban J connectivity index is 2.52. The lowest BCUT2D eigenvalue weighted by Gasteiger charge is -2.20. The second kappa shape index (κ2) is 3.95. The predicted octanol–water partition coefficient (Wildman–Crippen LogP) is 1.12. The maximum Gasteiger partial charge on any atom is 0.296 e. The van der Waals surface area contributed by atoms with E-state index in [9.17, 15) is 8.42 Å². The molecule has 16 heavy (non-hydrogen) atoms. The first-order valence-electron chi connectivity index (χ1n) is 5.10. The van der Waals surface area contributed by atoms with Crippen molar-refractivity contribution < 1.29 is 13.0 Å². The van der Waals surface area contributed by atoms with Crippen molar-refractivity contribution in [3.63, 3.8) is 0 Å². The molecule has 5 nitrogen and oxygen atoms in total. The average molecular weight is 242 g/mol. The van der Waals surface area contributed by atoms with Crippen LogP contribution >= 0.6 is 0 Å². The summed E-state index contributed by atoms with van der Waals surface area (Å²) in [5.41, 5.74) is 6.39. The van der Waals surface area contributed by atoms with Gasteiger partial charge in [0.1, 0.15) is 4.90 Å². The molecule has 1 fully saturated rings. The molecule has 1 aliphatic rings. The molecule has 0 spiro atoms. The topological polar surface area (TPSA) is 83.6 Å². The van der Waals surface area contributed by atoms with Crippen LogP contribution in [0.15, 0.2) is 23.1 Å². The van der Waals surface area contributed by atoms with Gasteiger partial charge in [0.15, 0.2) is 0 Å². The first-order valence-corrected chi connectivity index (χ1v) is 6.54. The summed E-state index contributed by atoms with van der Waals surface area (Å²) in [6.07, 6.45) is 2.07. The molecule has 88 valence electrons. The minimum Gasteiger partial charge on any atom is -0.399 e. The predicted molar refractivity (Wildman–Crippen MR) is 62.1 cm³/mol. The van der Waals surface area contributed by atoms with Crippen LogP contribution in [0, 0.1) is 0 Å². The van der Waals surface area contributed by atoms with E-state index in [0.29, 0.717) is 11.4 Å². The Bertz CT molecular complexity index is 493. The number of nitrogen functional groups attached to an aromatic ring is 1. The molecule has 0 atom stereocenters. The summed E-state index contributed by atoms with van der Waals surface area (Å²) in [5.74, 6) is 0. The fraction of sp³-hybridized carbons (Fsp3) is 0.400. The van der Waals surface area contributed by atoms with Gasteiger partial charge in [-0.1, -0.05) is 0 Å². The van der Waals surface area contributed by atoms with E-state index in [0.717, 1.165) is 25.9 Å². The third kappa shape index (κ3) is 2.12. The Kier molecular flexibility index (Phi) is 2.77. The summed E-state index contributed by atoms with van der Waals surface area (Å²) in [5, 5.41) is 0. The van der Waals surface area contributed by atoms with Gasteiger partial charge in [-0.05, 0) is 31.0 Å². The number of anilines is 2. The monoisotopic (exact) mass is 242 g/mol. The van der Waals surface area contributed by atoms with Crippen molar-refractivity contribution in [2.75, 3.05) is 23.7 Å². The summed E-state index contributed by atoms with van der Waals surface area (Å²) < 4.78 is 31.6. The van der Waals surface area contributed by atoms with Gasteiger partial charge in [-0.25, -0.2) is 0 Å². The molecule has 0 radical (unpaired) electrons. The highest BCUT2D eigenvalue weighted by Gasteiger charge is 2.22. The number of hydrogen-bond donors (Lipinski definition) is 2. The van der Waals surface area contributed by atoms with E-state index in [4.69, 9.17) is 10.3 Å². The van der Waals surface area contributed by atoms with Crippen molar-refractivity contribution in [2.45, 2.75) is 17.7 Å². The molecule has 1 aliphatic heterocycles. The van der Waals surface area contributed by atoms with Crippen molar-refractivity contribution in [3.05, 3.63) is 18.2 Å². The summed E-state index contributed by atoms with van der Waals surface area (Å²) >= 11 is 0. The minimum absolute atomic E-state index is 0.102. The molecular weight excluding hydrogens is 228 g/mol. The molecule has 0 bridgehead atoms. The normalized spacial score (nSPS) is 16.7. The van der Waals surface area contributed by atoms with E-state index < -0.39 is 10.1 Å². The summed E-state index contributed by atoms with van der Waals surface area (Å²) in [6.45, 7) is 1.62. The molecule has 1 aromatic carbocycles. The van der Waals surface area contributed by atoms with Gasteiger partial charge >= 0.3 is 0 Å². The number of nitrogens with two attached hydrogens (primary N) is 1. The fourth-order valence-electron chi connectivity index (χ4n) is 1.96. The Labute approximate surface area is 94.6 Å². The van der Waals surface area contributed by atoms with E-state index in [2.05, 4.69) is 0 Å². The standard InChI is InChI=1S/C10H14N2O3S/c11-8-3-4-9(12-5-1-2-6-12)10(7-8)16(13,14)15/h3-4,7H,1-2,5-6,11H2,(H,13,14,15). The van der Waals surface area contributed by atoms with Gasteiger partial charge in [-0.15, -0.1) is 0 Å². The fourth-order valence-corrected chi connectivity index (χ4v) is 2.70. The molecule has 0 amide bonds. The lowest BCUT2D eigenvalue weighted by atomic mass is 10.2. The van der Waals surface area contributed by atoms with Crippen molar-refractivity contribution in [1.29, 1.82) is 0 Å². The van der Waals surface area contributed by atoms with Crippen LogP contribution in [0.2, 0.25) is 0 Å². The Morgan fingerprint density at radius 3 is 2.44 bits per heavy atom. The number of benzene rings is 1. The molecule has 6 heteroatoms. The van der Waals surface area contributed by atoms with E-state index >= 15 is 0 Å². The second-order valence-electron chi connectivity index (χ2n) is 3.90. The van der Waals surface area contributed by atoms with E-state index in [1.54, 1.807) is 12.1 Å². The van der Waals surface area contributed by atoms with Crippen molar-refractivity contribution >= 4 is 21.5 Å². The maximum atomic E-state index is 11.2. The van der Waals surface area contributed by atoms with Crippen molar-refractivity contribution in [1.82, 2.24) is 0 Å². The summed E-state index contributed by atoms with van der Waals surface area (Å²) in [6, 6.07) is 4.58.